The highest BCUT2D eigenvalue weighted by atomic mass is 19.2. The maximum absolute atomic E-state index is 16.3. The number of pyridine rings is 3. The van der Waals surface area contributed by atoms with E-state index in [1.54, 1.807) is 50.2 Å². The van der Waals surface area contributed by atoms with Crippen LogP contribution in [0.4, 0.5) is 65.2 Å². The third-order valence-corrected chi connectivity index (χ3v) is 25.6. The Hall–Kier alpha value is -15.5. The topological polar surface area (TPSA) is 346 Å². The number of imidazole rings is 3. The standard InChI is InChI=1S/C33H33F3N8O2.2C33H34F2N8O2/c1-7-25(45)42-13-18(5)43(14-17(42)4)31-19-11-21(35)28(27-20(34)9-8-10-23(27)37)39-32(19)44(33(46)40-31)30-22(36)12-24-29(26(30)16(2)3)38-15-41(24)6;2*1-7-25(44)41-11-12-42(19(5)15-41)31-20-14-22(35)28(27-21(34)9-8-10-23(27)36)38-32(20)43(33(45)39-31)30-18(4)13-24-29(26(30)17(2)3)37-16-40(24)6/h7-12,15-18H,1,13-14,37H2,2-6H3;2*7-10,13-14,16-17,19H,1,11-12,15,36H2,2-6H3/t17-,18+;2*19-/m100/s1. The normalized spacial score (nSPS) is 15.9. The molecule has 0 bridgehead atoms. The summed E-state index contributed by atoms with van der Waals surface area (Å²) in [6.45, 7) is 36.3. The molecule has 12 heterocycles. The number of nitrogen functional groups attached to an aromatic ring is 3. The van der Waals surface area contributed by atoms with Crippen LogP contribution >= 0.6 is 0 Å². The average molecular weight is 1860 g/mol. The van der Waals surface area contributed by atoms with Crippen molar-refractivity contribution in [2.75, 3.05) is 84.3 Å². The van der Waals surface area contributed by atoms with Crippen LogP contribution in [0.2, 0.25) is 0 Å². The summed E-state index contributed by atoms with van der Waals surface area (Å²) in [7, 11) is 5.53. The molecule has 9 aromatic heterocycles. The number of hydrogen-bond acceptors (Lipinski definition) is 21. The second kappa shape index (κ2) is 36.5. The van der Waals surface area contributed by atoms with E-state index in [-0.39, 0.29) is 174 Å². The van der Waals surface area contributed by atoms with E-state index in [0.717, 1.165) is 61.0 Å². The molecule has 3 saturated heterocycles. The number of aromatic nitrogens is 15. The van der Waals surface area contributed by atoms with E-state index in [9.17, 15) is 28.8 Å². The predicted molar refractivity (Wildman–Crippen MR) is 515 cm³/mol. The number of nitrogens with zero attached hydrogens (tertiary/aromatic N) is 21. The van der Waals surface area contributed by atoms with Crippen LogP contribution in [-0.4, -0.2) is 181 Å². The van der Waals surface area contributed by atoms with Gasteiger partial charge in [0.25, 0.3) is 0 Å². The zero-order valence-electron chi connectivity index (χ0n) is 77.7. The number of carbonyl (C=O) groups excluding carboxylic acids is 3. The van der Waals surface area contributed by atoms with Crippen LogP contribution in [-0.2, 0) is 35.5 Å². The summed E-state index contributed by atoms with van der Waals surface area (Å²) in [5.74, 6) is -6.13. The Balaban J connectivity index is 0.000000148. The van der Waals surface area contributed by atoms with Crippen LogP contribution in [0, 0.1) is 54.6 Å². The molecule has 3 fully saturated rings. The fourth-order valence-electron chi connectivity index (χ4n) is 19.1. The third kappa shape index (κ3) is 16.2. The van der Waals surface area contributed by atoms with Crippen molar-refractivity contribution < 1.29 is 45.1 Å². The first-order valence-corrected chi connectivity index (χ1v) is 44.3. The van der Waals surface area contributed by atoms with Gasteiger partial charge >= 0.3 is 17.1 Å². The molecule has 0 radical (unpaired) electrons. The largest absolute Gasteiger partial charge is 0.398 e. The van der Waals surface area contributed by atoms with E-state index in [1.165, 1.54) is 94.1 Å². The van der Waals surface area contributed by atoms with Crippen molar-refractivity contribution in [3.05, 3.63) is 248 Å². The maximum atomic E-state index is 16.3. The summed E-state index contributed by atoms with van der Waals surface area (Å²) in [4.78, 5) is 131. The lowest BCUT2D eigenvalue weighted by Crippen LogP contribution is -2.58. The van der Waals surface area contributed by atoms with Gasteiger partial charge in [0.1, 0.15) is 57.8 Å². The van der Waals surface area contributed by atoms with Gasteiger partial charge in [0.15, 0.2) is 34.4 Å². The second-order valence-corrected chi connectivity index (χ2v) is 35.6. The smallest absolute Gasteiger partial charge is 0.355 e. The van der Waals surface area contributed by atoms with E-state index in [4.69, 9.17) is 17.2 Å². The number of aryl methyl sites for hydroxylation is 5. The van der Waals surface area contributed by atoms with E-state index < -0.39 is 63.5 Å². The van der Waals surface area contributed by atoms with Crippen LogP contribution in [0.15, 0.2) is 162 Å². The van der Waals surface area contributed by atoms with Gasteiger partial charge in [-0.05, 0) is 155 Å². The van der Waals surface area contributed by atoms with Gasteiger partial charge in [0.05, 0.1) is 102 Å². The highest BCUT2D eigenvalue weighted by molar-refractivity contribution is 5.98. The molecule has 0 unspecified atom stereocenters. The van der Waals surface area contributed by atoms with Crippen molar-refractivity contribution in [2.24, 2.45) is 21.1 Å². The number of anilines is 6. The highest BCUT2D eigenvalue weighted by Crippen LogP contribution is 2.44. The van der Waals surface area contributed by atoms with Crippen molar-refractivity contribution >= 4 is 118 Å². The molecule has 3 amide bonds. The molecule has 0 saturated carbocycles. The molecule has 3 aliphatic rings. The molecule has 6 N–H and O–H groups in total. The second-order valence-electron chi connectivity index (χ2n) is 35.6. The molecule has 6 aromatic carbocycles. The summed E-state index contributed by atoms with van der Waals surface area (Å²) in [5.41, 5.74) is 23.1. The van der Waals surface area contributed by atoms with Crippen LogP contribution in [0.25, 0.3) is 117 Å². The van der Waals surface area contributed by atoms with E-state index in [1.807, 2.05) is 128 Å². The van der Waals surface area contributed by atoms with Gasteiger partial charge in [-0.15, -0.1) is 0 Å². The number of nitrogens with two attached hydrogens (primary N) is 3. The molecule has 4 atom stereocenters. The van der Waals surface area contributed by atoms with E-state index in [0.29, 0.717) is 67.2 Å². The maximum Gasteiger partial charge on any atom is 0.355 e. The Morgan fingerprint density at radius 3 is 1.03 bits per heavy atom. The monoisotopic (exact) mass is 1850 g/mol. The number of halogens is 7. The van der Waals surface area contributed by atoms with Crippen molar-refractivity contribution in [1.82, 2.24) is 87.0 Å². The molecule has 18 rings (SSSR count). The summed E-state index contributed by atoms with van der Waals surface area (Å²) in [6.07, 6.45) is 8.74. The quantitative estimate of drug-likeness (QED) is 0.0487. The minimum atomic E-state index is -0.913. The summed E-state index contributed by atoms with van der Waals surface area (Å²) >= 11 is 0. The fraction of sp³-hybridized carbons (Fsp3) is 0.303. The lowest BCUT2D eigenvalue weighted by Gasteiger charge is -2.44. The van der Waals surface area contributed by atoms with Crippen molar-refractivity contribution in [1.29, 1.82) is 0 Å². The van der Waals surface area contributed by atoms with Crippen LogP contribution < -0.4 is 49.0 Å². The van der Waals surface area contributed by atoms with Gasteiger partial charge in [-0.25, -0.2) is 88.7 Å². The number of hydrogen-bond donors (Lipinski definition) is 3. The number of carbonyl (C=O) groups is 3. The zero-order chi connectivity index (χ0) is 97.8. The lowest BCUT2D eigenvalue weighted by molar-refractivity contribution is -0.129. The molecule has 15 aromatic rings. The Labute approximate surface area is 775 Å². The molecular weight excluding hydrogens is 1750 g/mol. The molecule has 30 nitrogen and oxygen atoms in total. The Kier molecular flexibility index (Phi) is 25.2. The minimum absolute atomic E-state index is 0.00881. The van der Waals surface area contributed by atoms with Crippen molar-refractivity contribution in [3.63, 3.8) is 0 Å². The summed E-state index contributed by atoms with van der Waals surface area (Å²) in [6, 6.07) is 19.6. The van der Waals surface area contributed by atoms with Gasteiger partial charge in [-0.2, -0.15) is 15.0 Å². The first-order chi connectivity index (χ1) is 64.7. The number of fused-ring (bicyclic) bond motifs is 6. The van der Waals surface area contributed by atoms with Gasteiger partial charge in [0.2, 0.25) is 17.7 Å². The molecule has 3 aliphatic heterocycles. The Morgan fingerprint density at radius 1 is 0.390 bits per heavy atom. The van der Waals surface area contributed by atoms with E-state index in [2.05, 4.69) is 64.6 Å². The molecule has 37 heteroatoms. The molecule has 136 heavy (non-hydrogen) atoms. The first-order valence-electron chi connectivity index (χ1n) is 44.3. The van der Waals surface area contributed by atoms with Gasteiger partial charge in [0, 0.05) is 137 Å². The molecular formula is C99H101F7N24O6. The van der Waals surface area contributed by atoms with E-state index >= 15 is 30.7 Å². The molecule has 702 valence electrons. The number of rotatable bonds is 15. The molecule has 0 aliphatic carbocycles. The highest BCUT2D eigenvalue weighted by Gasteiger charge is 2.39. The van der Waals surface area contributed by atoms with Gasteiger partial charge in [-0.3, -0.25) is 14.4 Å². The summed E-state index contributed by atoms with van der Waals surface area (Å²) < 4.78 is 119. The number of piperazine rings is 3. The Morgan fingerprint density at radius 2 is 0.706 bits per heavy atom. The van der Waals surface area contributed by atoms with Crippen molar-refractivity contribution in [3.8, 4) is 50.8 Å². The molecule has 0 spiro atoms. The van der Waals surface area contributed by atoms with Crippen molar-refractivity contribution in [2.45, 2.75) is 125 Å². The SMILES string of the molecule is C=CC(=O)N1CCN(c2nc(=O)n(-c3c(C)cc4c(ncn4C)c3C(C)C)c3nc(-c4c(N)cccc4F)c(F)cc23)[C@@H](C)C1.C=CC(=O)N1CCN(c2nc(=O)n(-c3c(C)cc4c(ncn4C)c3C(C)C)c3nc(-c4c(N)cccc4F)c(F)cc23)[C@@H](C)C1.C=CC(=O)N1C[C@H](C)N(c2nc(=O)n(-c3c(F)cc4c(ncn4C)c3C(C)C)c3nc(-c4c(N)cccc4F)c(F)cc23)C[C@H]1C. The third-order valence-electron chi connectivity index (χ3n) is 25.6. The number of benzene rings is 6. The predicted octanol–water partition coefficient (Wildman–Crippen LogP) is 14.8. The lowest BCUT2D eigenvalue weighted by atomic mass is 9.95. The number of amides is 3. The minimum Gasteiger partial charge on any atom is -0.398 e. The first kappa shape index (κ1) is 93.8. The summed E-state index contributed by atoms with van der Waals surface area (Å²) in [5, 5.41) is 0.612. The average Bonchev–Trinajstić information content (AvgIpc) is 1.05. The van der Waals surface area contributed by atoms with Crippen LogP contribution in [0.3, 0.4) is 0 Å². The van der Waals surface area contributed by atoms with Crippen LogP contribution in [0.5, 0.6) is 0 Å². The van der Waals surface area contributed by atoms with Gasteiger partial charge in [-0.1, -0.05) is 79.5 Å². The Bertz CT molecular complexity index is 7350. The van der Waals surface area contributed by atoms with Gasteiger partial charge < -0.3 is 60.3 Å². The fourth-order valence-corrected chi connectivity index (χ4v) is 19.1. The zero-order valence-corrected chi connectivity index (χ0v) is 77.7. The van der Waals surface area contributed by atoms with Crippen LogP contribution in [0.1, 0.15) is 115 Å².